The quantitative estimate of drug-likeness (QED) is 0.776. The molecule has 0 bridgehead atoms. The van der Waals surface area contributed by atoms with E-state index in [2.05, 4.69) is 6.58 Å². The van der Waals surface area contributed by atoms with Crippen molar-refractivity contribution in [1.29, 1.82) is 0 Å². The zero-order valence-electron chi connectivity index (χ0n) is 10.4. The number of hydrogen-bond donors (Lipinski definition) is 1. The average Bonchev–Trinajstić information content (AvgIpc) is 2.40. The highest BCUT2D eigenvalue weighted by Gasteiger charge is 2.10. The highest BCUT2D eigenvalue weighted by molar-refractivity contribution is 8.03. The summed E-state index contributed by atoms with van der Waals surface area (Å²) in [6.45, 7) is 4.01. The van der Waals surface area contributed by atoms with E-state index in [1.54, 1.807) is 23.9 Å². The molecule has 1 atom stereocenters. The fourth-order valence-corrected chi connectivity index (χ4v) is 2.71. The van der Waals surface area contributed by atoms with Crippen molar-refractivity contribution in [1.82, 2.24) is 0 Å². The van der Waals surface area contributed by atoms with Crippen LogP contribution in [0.5, 0.6) is 0 Å². The van der Waals surface area contributed by atoms with Gasteiger partial charge in [-0.1, -0.05) is 60.3 Å². The number of hydrogen-bond acceptors (Lipinski definition) is 2. The van der Waals surface area contributed by atoms with Gasteiger partial charge in [-0.05, 0) is 34.7 Å². The van der Waals surface area contributed by atoms with E-state index in [1.165, 1.54) is 0 Å². The Bertz CT molecular complexity index is 536. The lowest BCUT2D eigenvalue weighted by molar-refractivity contribution is 0.180. The Kier molecular flexibility index (Phi) is 5.08. The standard InChI is InChI=1S/C16H15ClOS/c1-12(19-15-5-3-2-4-6-15)11-16(18)13-7-9-14(17)10-8-13/h2-10,16,18H,1,11H2. The summed E-state index contributed by atoms with van der Waals surface area (Å²) in [5.74, 6) is 0. The molecule has 3 heteroatoms. The number of halogens is 1. The van der Waals surface area contributed by atoms with Gasteiger partial charge in [0.05, 0.1) is 6.10 Å². The van der Waals surface area contributed by atoms with Gasteiger partial charge in [0.15, 0.2) is 0 Å². The number of aliphatic hydroxyl groups excluding tert-OH is 1. The van der Waals surface area contributed by atoms with Gasteiger partial charge in [-0.15, -0.1) is 0 Å². The molecule has 0 fully saturated rings. The lowest BCUT2D eigenvalue weighted by atomic mass is 10.1. The molecule has 98 valence electrons. The van der Waals surface area contributed by atoms with E-state index >= 15 is 0 Å². The molecule has 0 saturated carbocycles. The molecule has 0 aliphatic heterocycles. The second-order valence-corrected chi connectivity index (χ2v) is 5.91. The number of rotatable bonds is 5. The van der Waals surface area contributed by atoms with Gasteiger partial charge in [-0.3, -0.25) is 0 Å². The minimum absolute atomic E-state index is 0.529. The summed E-state index contributed by atoms with van der Waals surface area (Å²) >= 11 is 7.42. The van der Waals surface area contributed by atoms with Crippen LogP contribution in [0.4, 0.5) is 0 Å². The summed E-state index contributed by atoms with van der Waals surface area (Å²) in [6.07, 6.45) is -0.0118. The van der Waals surface area contributed by atoms with Crippen LogP contribution in [-0.2, 0) is 0 Å². The van der Waals surface area contributed by atoms with Crippen LogP contribution in [-0.4, -0.2) is 5.11 Å². The van der Waals surface area contributed by atoms with Gasteiger partial charge in [0, 0.05) is 16.3 Å². The smallest absolute Gasteiger partial charge is 0.0835 e. The molecular formula is C16H15ClOS. The first-order chi connectivity index (χ1) is 9.15. The van der Waals surface area contributed by atoms with Crippen molar-refractivity contribution in [3.05, 3.63) is 76.7 Å². The Labute approximate surface area is 122 Å². The number of aliphatic hydroxyl groups is 1. The van der Waals surface area contributed by atoms with Crippen molar-refractivity contribution in [3.8, 4) is 0 Å². The van der Waals surface area contributed by atoms with Gasteiger partial charge in [0.2, 0.25) is 0 Å². The lowest BCUT2D eigenvalue weighted by Crippen LogP contribution is -1.97. The summed E-state index contributed by atoms with van der Waals surface area (Å²) in [5, 5.41) is 10.8. The molecule has 1 N–H and O–H groups in total. The summed E-state index contributed by atoms with van der Waals surface area (Å²) in [7, 11) is 0. The van der Waals surface area contributed by atoms with Crippen LogP contribution in [0.3, 0.4) is 0 Å². The molecule has 2 aromatic carbocycles. The van der Waals surface area contributed by atoms with Gasteiger partial charge in [0.1, 0.15) is 0 Å². The topological polar surface area (TPSA) is 20.2 Å². The van der Waals surface area contributed by atoms with Crippen molar-refractivity contribution in [2.45, 2.75) is 17.4 Å². The minimum atomic E-state index is -0.541. The summed E-state index contributed by atoms with van der Waals surface area (Å²) in [6, 6.07) is 17.3. The second-order valence-electron chi connectivity index (χ2n) is 4.23. The maximum absolute atomic E-state index is 10.1. The molecule has 1 nitrogen and oxygen atoms in total. The van der Waals surface area contributed by atoms with E-state index in [4.69, 9.17) is 11.6 Å². The van der Waals surface area contributed by atoms with Crippen LogP contribution in [0, 0.1) is 0 Å². The van der Waals surface area contributed by atoms with E-state index in [-0.39, 0.29) is 0 Å². The van der Waals surface area contributed by atoms with E-state index in [0.29, 0.717) is 11.4 Å². The van der Waals surface area contributed by atoms with Crippen molar-refractivity contribution in [2.75, 3.05) is 0 Å². The number of thioether (sulfide) groups is 1. The monoisotopic (exact) mass is 290 g/mol. The molecule has 0 aliphatic rings. The van der Waals surface area contributed by atoms with Crippen LogP contribution in [0.2, 0.25) is 5.02 Å². The third-order valence-corrected chi connectivity index (χ3v) is 3.90. The second kappa shape index (κ2) is 6.80. The largest absolute Gasteiger partial charge is 0.388 e. The SMILES string of the molecule is C=C(CC(O)c1ccc(Cl)cc1)Sc1ccccc1. The molecule has 0 saturated heterocycles. The first-order valence-corrected chi connectivity index (χ1v) is 7.19. The van der Waals surface area contributed by atoms with Crippen molar-refractivity contribution in [3.63, 3.8) is 0 Å². The Morgan fingerprint density at radius 2 is 1.74 bits per heavy atom. The fraction of sp³-hybridized carbons (Fsp3) is 0.125. The van der Waals surface area contributed by atoms with Gasteiger partial charge < -0.3 is 5.11 Å². The van der Waals surface area contributed by atoms with E-state index in [9.17, 15) is 5.11 Å². The van der Waals surface area contributed by atoms with Gasteiger partial charge in [-0.25, -0.2) is 0 Å². The molecule has 2 aromatic rings. The lowest BCUT2D eigenvalue weighted by Gasteiger charge is -2.12. The minimum Gasteiger partial charge on any atom is -0.388 e. The van der Waals surface area contributed by atoms with Crippen molar-refractivity contribution >= 4 is 23.4 Å². The summed E-state index contributed by atoms with van der Waals surface area (Å²) in [4.78, 5) is 2.07. The first kappa shape index (κ1) is 14.2. The molecule has 1 unspecified atom stereocenters. The first-order valence-electron chi connectivity index (χ1n) is 5.99. The van der Waals surface area contributed by atoms with Crippen LogP contribution >= 0.6 is 23.4 Å². The molecular weight excluding hydrogens is 276 g/mol. The molecule has 0 heterocycles. The summed E-state index contributed by atoms with van der Waals surface area (Å²) in [5.41, 5.74) is 0.860. The molecule has 0 spiro atoms. The molecule has 2 rings (SSSR count). The Balaban J connectivity index is 1.93. The van der Waals surface area contributed by atoms with E-state index in [0.717, 1.165) is 15.4 Å². The number of benzene rings is 2. The van der Waals surface area contributed by atoms with E-state index < -0.39 is 6.10 Å². The maximum Gasteiger partial charge on any atom is 0.0835 e. The Morgan fingerprint density at radius 1 is 1.11 bits per heavy atom. The third-order valence-electron chi connectivity index (χ3n) is 2.68. The van der Waals surface area contributed by atoms with Crippen LogP contribution in [0.1, 0.15) is 18.1 Å². The predicted molar refractivity (Wildman–Crippen MR) is 82.5 cm³/mol. The molecule has 0 aliphatic carbocycles. The molecule has 0 aromatic heterocycles. The Hall–Kier alpha value is -1.22. The van der Waals surface area contributed by atoms with Crippen LogP contribution < -0.4 is 0 Å². The molecule has 0 radical (unpaired) electrons. The Morgan fingerprint density at radius 3 is 2.37 bits per heavy atom. The van der Waals surface area contributed by atoms with Gasteiger partial charge >= 0.3 is 0 Å². The normalized spacial score (nSPS) is 12.1. The summed E-state index contributed by atoms with van der Waals surface area (Å²) < 4.78 is 0. The highest BCUT2D eigenvalue weighted by Crippen LogP contribution is 2.32. The zero-order chi connectivity index (χ0) is 13.7. The van der Waals surface area contributed by atoms with Crippen LogP contribution in [0.25, 0.3) is 0 Å². The maximum atomic E-state index is 10.1. The zero-order valence-corrected chi connectivity index (χ0v) is 12.0. The van der Waals surface area contributed by atoms with Gasteiger partial charge in [-0.2, -0.15) is 0 Å². The van der Waals surface area contributed by atoms with Crippen LogP contribution in [0.15, 0.2) is 71.0 Å². The fourth-order valence-electron chi connectivity index (χ4n) is 1.72. The third kappa shape index (κ3) is 4.43. The van der Waals surface area contributed by atoms with Crippen molar-refractivity contribution < 1.29 is 5.11 Å². The predicted octanol–water partition coefficient (Wildman–Crippen LogP) is 5.07. The molecule has 0 amide bonds. The highest BCUT2D eigenvalue weighted by atomic mass is 35.5. The van der Waals surface area contributed by atoms with E-state index in [1.807, 2.05) is 42.5 Å². The molecule has 19 heavy (non-hydrogen) atoms. The van der Waals surface area contributed by atoms with Gasteiger partial charge in [0.25, 0.3) is 0 Å². The average molecular weight is 291 g/mol. The van der Waals surface area contributed by atoms with Crippen molar-refractivity contribution in [2.24, 2.45) is 0 Å².